The first kappa shape index (κ1) is 26.8. The highest BCUT2D eigenvalue weighted by atomic mass is 32.2. The van der Waals surface area contributed by atoms with Crippen LogP contribution in [0.25, 0.3) is 0 Å². The highest BCUT2D eigenvalue weighted by Crippen LogP contribution is 2.36. The molecule has 178 valence electrons. The van der Waals surface area contributed by atoms with Gasteiger partial charge in [-0.15, -0.1) is 0 Å². The van der Waals surface area contributed by atoms with Crippen molar-refractivity contribution in [3.63, 3.8) is 0 Å². The normalized spacial score (nSPS) is 15.4. The number of aliphatic hydroxyl groups excluding tert-OH is 2. The van der Waals surface area contributed by atoms with Crippen molar-refractivity contribution in [1.29, 1.82) is 0 Å². The van der Waals surface area contributed by atoms with E-state index >= 15 is 0 Å². The van der Waals surface area contributed by atoms with Crippen LogP contribution in [0.2, 0.25) is 18.1 Å². The zero-order valence-corrected chi connectivity index (χ0v) is 21.8. The third kappa shape index (κ3) is 7.28. The maximum atomic E-state index is 12.8. The van der Waals surface area contributed by atoms with Crippen molar-refractivity contribution in [3.05, 3.63) is 53.7 Å². The molecule has 0 aliphatic carbocycles. The van der Waals surface area contributed by atoms with Gasteiger partial charge in [0.2, 0.25) is 5.89 Å². The Hall–Kier alpha value is -1.45. The number of nitrogens with zero attached hydrogens (tertiary/aromatic N) is 1. The quantitative estimate of drug-likeness (QED) is 0.384. The summed E-state index contributed by atoms with van der Waals surface area (Å²) in [5.74, 6) is 0.0117. The number of aromatic nitrogens is 1. The van der Waals surface area contributed by atoms with Crippen molar-refractivity contribution in [1.82, 2.24) is 4.98 Å². The molecule has 0 amide bonds. The molecule has 6 nitrogen and oxygen atoms in total. The number of carbonyl (C=O) groups is 1. The number of aliphatic hydroxyl groups is 2. The lowest BCUT2D eigenvalue weighted by atomic mass is 10.0. The average molecular weight is 480 g/mol. The topological polar surface area (TPSA) is 92.8 Å². The van der Waals surface area contributed by atoms with E-state index in [2.05, 4.69) is 25.8 Å². The van der Waals surface area contributed by atoms with Gasteiger partial charge in [0.15, 0.2) is 19.5 Å². The smallest absolute Gasteiger partial charge is 0.226 e. The summed E-state index contributed by atoms with van der Waals surface area (Å²) in [4.78, 5) is 17.2. The van der Waals surface area contributed by atoms with E-state index < -0.39 is 26.6 Å². The molecule has 0 fully saturated rings. The SMILES string of the molecule is CC[Si](CC)(CC)O[C@H](CC(=O)SC(C)(C)C)c1coc(C(O)C(O)c2ccccc2)n1. The van der Waals surface area contributed by atoms with Crippen LogP contribution in [0.4, 0.5) is 0 Å². The second-order valence-electron chi connectivity index (χ2n) is 9.05. The molecule has 0 bridgehead atoms. The summed E-state index contributed by atoms with van der Waals surface area (Å²) in [7, 11) is -2.04. The van der Waals surface area contributed by atoms with E-state index in [0.717, 1.165) is 18.1 Å². The van der Waals surface area contributed by atoms with Crippen molar-refractivity contribution in [2.75, 3.05) is 0 Å². The fourth-order valence-electron chi connectivity index (χ4n) is 3.59. The Morgan fingerprint density at radius 2 is 1.69 bits per heavy atom. The fourth-order valence-corrected chi connectivity index (χ4v) is 7.32. The highest BCUT2D eigenvalue weighted by molar-refractivity contribution is 8.14. The van der Waals surface area contributed by atoms with Gasteiger partial charge in [-0.25, -0.2) is 4.98 Å². The number of carbonyl (C=O) groups excluding carboxylic acids is 1. The summed E-state index contributed by atoms with van der Waals surface area (Å²) in [5.41, 5.74) is 1.05. The number of hydrogen-bond acceptors (Lipinski definition) is 7. The summed E-state index contributed by atoms with van der Waals surface area (Å²) >= 11 is 1.29. The van der Waals surface area contributed by atoms with Crippen LogP contribution in [-0.4, -0.2) is 33.4 Å². The second kappa shape index (κ2) is 11.6. The molecule has 0 radical (unpaired) electrons. The minimum absolute atomic E-state index is 0.0117. The molecular weight excluding hydrogens is 442 g/mol. The van der Waals surface area contributed by atoms with Gasteiger partial charge in [-0.05, 0) is 23.7 Å². The predicted molar refractivity (Wildman–Crippen MR) is 131 cm³/mol. The van der Waals surface area contributed by atoms with E-state index in [1.165, 1.54) is 18.0 Å². The van der Waals surface area contributed by atoms with Gasteiger partial charge in [-0.3, -0.25) is 4.79 Å². The van der Waals surface area contributed by atoms with Crippen LogP contribution in [0.3, 0.4) is 0 Å². The van der Waals surface area contributed by atoms with Gasteiger partial charge in [0.05, 0.1) is 6.10 Å². The standard InChI is InChI=1S/C24H37NO5SSi/c1-7-32(8-2,9-3)30-19(15-20(26)31-24(4,5)6)18-16-29-23(25-18)22(28)21(27)17-13-11-10-12-14-17/h10-14,16,19,21-22,27-28H,7-9,15H2,1-6H3/t19-,21?,22?/m1/s1. The minimum Gasteiger partial charge on any atom is -0.446 e. The molecule has 2 unspecified atom stereocenters. The monoisotopic (exact) mass is 479 g/mol. The lowest BCUT2D eigenvalue weighted by Gasteiger charge is -2.32. The Balaban J connectivity index is 2.29. The molecule has 1 aromatic carbocycles. The molecule has 0 spiro atoms. The lowest BCUT2D eigenvalue weighted by molar-refractivity contribution is -0.112. The van der Waals surface area contributed by atoms with Gasteiger partial charge < -0.3 is 19.1 Å². The molecule has 0 saturated heterocycles. The molecule has 3 atom stereocenters. The van der Waals surface area contributed by atoms with E-state index in [1.807, 2.05) is 26.8 Å². The summed E-state index contributed by atoms with van der Waals surface area (Å²) in [6.07, 6.45) is -1.41. The first-order valence-electron chi connectivity index (χ1n) is 11.3. The van der Waals surface area contributed by atoms with Crippen LogP contribution in [0, 0.1) is 0 Å². The highest BCUT2D eigenvalue weighted by Gasteiger charge is 2.36. The Morgan fingerprint density at radius 1 is 1.09 bits per heavy atom. The zero-order chi connectivity index (χ0) is 23.9. The predicted octanol–water partition coefficient (Wildman–Crippen LogP) is 5.95. The van der Waals surface area contributed by atoms with Gasteiger partial charge in [-0.1, -0.05) is 83.6 Å². The maximum absolute atomic E-state index is 12.8. The van der Waals surface area contributed by atoms with E-state index in [-0.39, 0.29) is 22.2 Å². The first-order chi connectivity index (χ1) is 15.0. The molecule has 0 aliphatic heterocycles. The van der Waals surface area contributed by atoms with Gasteiger partial charge in [0.1, 0.15) is 18.1 Å². The summed E-state index contributed by atoms with van der Waals surface area (Å²) < 4.78 is 12.0. The zero-order valence-electron chi connectivity index (χ0n) is 20.0. The average Bonchev–Trinajstić information content (AvgIpc) is 3.25. The third-order valence-electron chi connectivity index (χ3n) is 5.66. The Labute approximate surface area is 196 Å². The molecule has 2 N–H and O–H groups in total. The van der Waals surface area contributed by atoms with Crippen molar-refractivity contribution < 1.29 is 23.9 Å². The number of hydrogen-bond donors (Lipinski definition) is 2. The number of benzene rings is 1. The summed E-state index contributed by atoms with van der Waals surface area (Å²) in [6.45, 7) is 12.4. The van der Waals surface area contributed by atoms with Crippen LogP contribution < -0.4 is 0 Å². The second-order valence-corrected chi connectivity index (χ2v) is 15.7. The molecular formula is C24H37NO5SSi. The maximum Gasteiger partial charge on any atom is 0.226 e. The van der Waals surface area contributed by atoms with E-state index in [9.17, 15) is 15.0 Å². The molecule has 2 rings (SSSR count). The fraction of sp³-hybridized carbons (Fsp3) is 0.583. The van der Waals surface area contributed by atoms with Crippen molar-refractivity contribution in [3.8, 4) is 0 Å². The Kier molecular flexibility index (Phi) is 9.72. The molecule has 1 aromatic heterocycles. The van der Waals surface area contributed by atoms with E-state index in [0.29, 0.717) is 11.3 Å². The number of thioether (sulfide) groups is 1. The minimum atomic E-state index is -2.04. The van der Waals surface area contributed by atoms with E-state index in [1.54, 1.807) is 24.3 Å². The van der Waals surface area contributed by atoms with Crippen molar-refractivity contribution in [2.24, 2.45) is 0 Å². The van der Waals surface area contributed by atoms with Crippen LogP contribution in [0.5, 0.6) is 0 Å². The van der Waals surface area contributed by atoms with Gasteiger partial charge in [-0.2, -0.15) is 0 Å². The summed E-state index contributed by atoms with van der Waals surface area (Å²) in [5, 5.41) is 21.2. The van der Waals surface area contributed by atoms with Gasteiger partial charge in [0.25, 0.3) is 0 Å². The van der Waals surface area contributed by atoms with Crippen molar-refractivity contribution in [2.45, 2.75) is 89.2 Å². The Bertz CT molecular complexity index is 839. The molecule has 2 aromatic rings. The molecule has 1 heterocycles. The Morgan fingerprint density at radius 3 is 2.22 bits per heavy atom. The van der Waals surface area contributed by atoms with Crippen LogP contribution in [0.15, 0.2) is 41.0 Å². The summed E-state index contributed by atoms with van der Waals surface area (Å²) in [6, 6.07) is 11.7. The van der Waals surface area contributed by atoms with Gasteiger partial charge in [0, 0.05) is 11.2 Å². The third-order valence-corrected chi connectivity index (χ3v) is 11.3. The van der Waals surface area contributed by atoms with E-state index in [4.69, 9.17) is 8.84 Å². The lowest BCUT2D eigenvalue weighted by Crippen LogP contribution is -2.37. The van der Waals surface area contributed by atoms with Crippen LogP contribution in [-0.2, 0) is 9.22 Å². The van der Waals surface area contributed by atoms with Crippen molar-refractivity contribution >= 4 is 25.2 Å². The molecule has 0 saturated carbocycles. The largest absolute Gasteiger partial charge is 0.446 e. The molecule has 8 heteroatoms. The number of rotatable bonds is 11. The van der Waals surface area contributed by atoms with Crippen LogP contribution >= 0.6 is 11.8 Å². The molecule has 0 aliphatic rings. The molecule has 32 heavy (non-hydrogen) atoms. The van der Waals surface area contributed by atoms with Gasteiger partial charge >= 0.3 is 0 Å². The number of oxazole rings is 1. The first-order valence-corrected chi connectivity index (χ1v) is 14.6. The van der Waals surface area contributed by atoms with Crippen LogP contribution in [0.1, 0.15) is 83.4 Å².